The smallest absolute Gasteiger partial charge is 0.243 e. The van der Waals surface area contributed by atoms with Gasteiger partial charge in [-0.25, -0.2) is 0 Å². The van der Waals surface area contributed by atoms with Crippen molar-refractivity contribution in [3.8, 4) is 11.5 Å². The lowest BCUT2D eigenvalue weighted by Gasteiger charge is -2.21. The number of rotatable bonds is 4. The maximum Gasteiger partial charge on any atom is 0.243 e. The van der Waals surface area contributed by atoms with Gasteiger partial charge in [-0.15, -0.1) is 0 Å². The Bertz CT molecular complexity index is 608. The van der Waals surface area contributed by atoms with Crippen molar-refractivity contribution in [3.63, 3.8) is 0 Å². The van der Waals surface area contributed by atoms with Crippen molar-refractivity contribution in [2.24, 2.45) is 5.73 Å². The van der Waals surface area contributed by atoms with Crippen LogP contribution in [0.5, 0.6) is 11.5 Å². The SMILES string of the molecule is CN(C(=O)[C@@H](N)Cc1ccc(O)cc1)c1ccc(O)cc1. The van der Waals surface area contributed by atoms with Crippen LogP contribution in [-0.2, 0) is 11.2 Å². The number of likely N-dealkylation sites (N-methyl/N-ethyl adjacent to an activating group) is 1. The van der Waals surface area contributed by atoms with Gasteiger partial charge in [-0.2, -0.15) is 0 Å². The Morgan fingerprint density at radius 1 is 1.05 bits per heavy atom. The Morgan fingerprint density at radius 2 is 1.52 bits per heavy atom. The number of carbonyl (C=O) groups is 1. The predicted octanol–water partition coefficient (Wildman–Crippen LogP) is 1.63. The van der Waals surface area contributed by atoms with Gasteiger partial charge in [0.1, 0.15) is 11.5 Å². The topological polar surface area (TPSA) is 86.8 Å². The maximum atomic E-state index is 12.3. The molecule has 0 unspecified atom stereocenters. The third kappa shape index (κ3) is 3.73. The minimum absolute atomic E-state index is 0.146. The minimum Gasteiger partial charge on any atom is -0.508 e. The number of amides is 1. The van der Waals surface area contributed by atoms with Crippen LogP contribution in [0.1, 0.15) is 5.56 Å². The van der Waals surface area contributed by atoms with E-state index in [1.54, 1.807) is 43.4 Å². The molecule has 5 heteroatoms. The summed E-state index contributed by atoms with van der Waals surface area (Å²) in [7, 11) is 1.64. The summed E-state index contributed by atoms with van der Waals surface area (Å²) in [6.07, 6.45) is 0.390. The van der Waals surface area contributed by atoms with Crippen LogP contribution in [0.3, 0.4) is 0 Å². The fraction of sp³-hybridized carbons (Fsp3) is 0.188. The highest BCUT2D eigenvalue weighted by Gasteiger charge is 2.19. The summed E-state index contributed by atoms with van der Waals surface area (Å²) in [5.74, 6) is 0.113. The normalized spacial score (nSPS) is 11.9. The van der Waals surface area contributed by atoms with Gasteiger partial charge in [0.15, 0.2) is 0 Å². The Morgan fingerprint density at radius 3 is 2.05 bits per heavy atom. The number of benzene rings is 2. The zero-order valence-corrected chi connectivity index (χ0v) is 11.7. The summed E-state index contributed by atoms with van der Waals surface area (Å²) >= 11 is 0. The second kappa shape index (κ2) is 6.28. The highest BCUT2D eigenvalue weighted by atomic mass is 16.3. The quantitative estimate of drug-likeness (QED) is 0.797. The molecule has 1 atom stereocenters. The summed E-state index contributed by atoms with van der Waals surface area (Å²) in [6, 6.07) is 12.3. The molecule has 21 heavy (non-hydrogen) atoms. The molecule has 0 spiro atoms. The van der Waals surface area contributed by atoms with E-state index in [0.29, 0.717) is 12.1 Å². The second-order valence-corrected chi connectivity index (χ2v) is 4.89. The van der Waals surface area contributed by atoms with Crippen LogP contribution < -0.4 is 10.6 Å². The third-order valence-corrected chi connectivity index (χ3v) is 3.28. The molecule has 0 fully saturated rings. The minimum atomic E-state index is -0.673. The fourth-order valence-electron chi connectivity index (χ4n) is 2.03. The van der Waals surface area contributed by atoms with Gasteiger partial charge in [0.25, 0.3) is 0 Å². The van der Waals surface area contributed by atoms with Crippen molar-refractivity contribution >= 4 is 11.6 Å². The average molecular weight is 286 g/mol. The molecular weight excluding hydrogens is 268 g/mol. The number of hydrogen-bond donors (Lipinski definition) is 3. The molecule has 0 saturated heterocycles. The molecule has 0 heterocycles. The lowest BCUT2D eigenvalue weighted by Crippen LogP contribution is -2.43. The van der Waals surface area contributed by atoms with Crippen molar-refractivity contribution < 1.29 is 15.0 Å². The lowest BCUT2D eigenvalue weighted by atomic mass is 10.1. The van der Waals surface area contributed by atoms with Crippen LogP contribution in [0, 0.1) is 0 Å². The largest absolute Gasteiger partial charge is 0.508 e. The van der Waals surface area contributed by atoms with Crippen molar-refractivity contribution in [3.05, 3.63) is 54.1 Å². The molecule has 0 aliphatic carbocycles. The molecule has 0 bridgehead atoms. The number of phenols is 2. The van der Waals surface area contributed by atoms with Gasteiger partial charge >= 0.3 is 0 Å². The van der Waals surface area contributed by atoms with Gasteiger partial charge in [-0.1, -0.05) is 12.1 Å². The van der Waals surface area contributed by atoms with Gasteiger partial charge in [0, 0.05) is 12.7 Å². The zero-order chi connectivity index (χ0) is 15.4. The molecule has 2 aromatic rings. The van der Waals surface area contributed by atoms with Gasteiger partial charge in [0.2, 0.25) is 5.91 Å². The summed E-state index contributed by atoms with van der Waals surface area (Å²) < 4.78 is 0. The Hall–Kier alpha value is -2.53. The van der Waals surface area contributed by atoms with E-state index in [1.165, 1.54) is 17.0 Å². The van der Waals surface area contributed by atoms with Gasteiger partial charge in [0.05, 0.1) is 6.04 Å². The monoisotopic (exact) mass is 286 g/mol. The second-order valence-electron chi connectivity index (χ2n) is 4.89. The summed E-state index contributed by atoms with van der Waals surface area (Å²) in [6.45, 7) is 0. The first kappa shape index (κ1) is 14.9. The van der Waals surface area contributed by atoms with E-state index in [4.69, 9.17) is 5.73 Å². The highest BCUT2D eigenvalue weighted by Crippen LogP contribution is 2.18. The van der Waals surface area contributed by atoms with E-state index in [9.17, 15) is 15.0 Å². The van der Waals surface area contributed by atoms with Gasteiger partial charge in [-0.05, 0) is 48.4 Å². The molecule has 2 rings (SSSR count). The van der Waals surface area contributed by atoms with Crippen molar-refractivity contribution in [2.75, 3.05) is 11.9 Å². The average Bonchev–Trinajstić information content (AvgIpc) is 2.49. The van der Waals surface area contributed by atoms with Gasteiger partial charge < -0.3 is 20.8 Å². The number of carbonyl (C=O) groups excluding carboxylic acids is 1. The van der Waals surface area contributed by atoms with E-state index >= 15 is 0 Å². The van der Waals surface area contributed by atoms with Crippen molar-refractivity contribution in [1.29, 1.82) is 0 Å². The lowest BCUT2D eigenvalue weighted by molar-refractivity contribution is -0.119. The molecule has 110 valence electrons. The number of nitrogens with zero attached hydrogens (tertiary/aromatic N) is 1. The van der Waals surface area contributed by atoms with E-state index in [0.717, 1.165) is 5.56 Å². The van der Waals surface area contributed by atoms with Gasteiger partial charge in [-0.3, -0.25) is 4.79 Å². The molecule has 0 radical (unpaired) electrons. The van der Waals surface area contributed by atoms with E-state index in [2.05, 4.69) is 0 Å². The van der Waals surface area contributed by atoms with Crippen LogP contribution in [0.15, 0.2) is 48.5 Å². The molecule has 4 N–H and O–H groups in total. The molecule has 2 aromatic carbocycles. The Labute approximate surface area is 123 Å². The maximum absolute atomic E-state index is 12.3. The number of anilines is 1. The molecule has 0 aromatic heterocycles. The summed E-state index contributed by atoms with van der Waals surface area (Å²) in [4.78, 5) is 13.8. The van der Waals surface area contributed by atoms with E-state index < -0.39 is 6.04 Å². The summed E-state index contributed by atoms with van der Waals surface area (Å²) in [5, 5.41) is 18.5. The van der Waals surface area contributed by atoms with Crippen LogP contribution in [-0.4, -0.2) is 29.2 Å². The third-order valence-electron chi connectivity index (χ3n) is 3.28. The van der Waals surface area contributed by atoms with Crippen molar-refractivity contribution in [2.45, 2.75) is 12.5 Å². The standard InChI is InChI=1S/C16H18N2O3/c1-18(12-4-8-14(20)9-5-12)16(21)15(17)10-11-2-6-13(19)7-3-11/h2-9,15,19-20H,10,17H2,1H3/t15-/m0/s1. The summed E-state index contributed by atoms with van der Waals surface area (Å²) in [5.41, 5.74) is 7.50. The molecule has 0 aliphatic heterocycles. The highest BCUT2D eigenvalue weighted by molar-refractivity contribution is 5.96. The number of nitrogens with two attached hydrogens (primary N) is 1. The Kier molecular flexibility index (Phi) is 4.45. The Balaban J connectivity index is 2.04. The molecule has 0 aliphatic rings. The fourth-order valence-corrected chi connectivity index (χ4v) is 2.03. The number of phenolic OH excluding ortho intramolecular Hbond substituents is 2. The first-order valence-electron chi connectivity index (χ1n) is 6.57. The molecule has 1 amide bonds. The molecule has 5 nitrogen and oxygen atoms in total. The molecule has 0 saturated carbocycles. The molecular formula is C16H18N2O3. The van der Waals surface area contributed by atoms with E-state index in [1.807, 2.05) is 0 Å². The van der Waals surface area contributed by atoms with E-state index in [-0.39, 0.29) is 17.4 Å². The van der Waals surface area contributed by atoms with Crippen LogP contribution >= 0.6 is 0 Å². The first-order valence-corrected chi connectivity index (χ1v) is 6.57. The van der Waals surface area contributed by atoms with Crippen LogP contribution in [0.25, 0.3) is 0 Å². The first-order chi connectivity index (χ1) is 9.97. The van der Waals surface area contributed by atoms with Crippen LogP contribution in [0.2, 0.25) is 0 Å². The number of hydrogen-bond acceptors (Lipinski definition) is 4. The zero-order valence-electron chi connectivity index (χ0n) is 11.7. The number of aromatic hydroxyl groups is 2. The van der Waals surface area contributed by atoms with Crippen LogP contribution in [0.4, 0.5) is 5.69 Å². The predicted molar refractivity (Wildman–Crippen MR) is 81.3 cm³/mol. The van der Waals surface area contributed by atoms with Crippen molar-refractivity contribution in [1.82, 2.24) is 0 Å².